The van der Waals surface area contributed by atoms with Crippen molar-refractivity contribution in [3.05, 3.63) is 34.4 Å². The summed E-state index contributed by atoms with van der Waals surface area (Å²) in [6.45, 7) is 1.42. The Morgan fingerprint density at radius 2 is 2.19 bits per heavy atom. The van der Waals surface area contributed by atoms with Gasteiger partial charge in [-0.05, 0) is 12.1 Å². The van der Waals surface area contributed by atoms with E-state index in [9.17, 15) is 13.6 Å². The standard InChI is InChI=1S/C11H7ClF2OS/c1-7(15)16-6-2-3-8-4-5-9(13)10(12)11(8)14/h4-5H,6H2,1H3. The number of carbonyl (C=O) groups excluding carboxylic acids is 1. The molecule has 1 nitrogen and oxygen atoms in total. The highest BCUT2D eigenvalue weighted by Crippen LogP contribution is 2.21. The normalized spacial score (nSPS) is 9.50. The molecule has 0 bridgehead atoms. The molecular weight excluding hydrogens is 254 g/mol. The lowest BCUT2D eigenvalue weighted by Crippen LogP contribution is -1.89. The molecule has 1 rings (SSSR count). The minimum atomic E-state index is -0.873. The van der Waals surface area contributed by atoms with Crippen molar-refractivity contribution < 1.29 is 13.6 Å². The molecule has 0 unspecified atom stereocenters. The summed E-state index contributed by atoms with van der Waals surface area (Å²) in [4.78, 5) is 10.6. The first-order valence-electron chi connectivity index (χ1n) is 4.28. The molecule has 0 aliphatic heterocycles. The SMILES string of the molecule is CC(=O)SCC#Cc1ccc(F)c(Cl)c1F. The zero-order valence-corrected chi connectivity index (χ0v) is 9.88. The van der Waals surface area contributed by atoms with Gasteiger partial charge in [0.1, 0.15) is 10.8 Å². The Labute approximate surface area is 101 Å². The highest BCUT2D eigenvalue weighted by Gasteiger charge is 2.09. The van der Waals surface area contributed by atoms with E-state index in [0.29, 0.717) is 0 Å². The van der Waals surface area contributed by atoms with Crippen molar-refractivity contribution >= 4 is 28.5 Å². The third-order valence-electron chi connectivity index (χ3n) is 1.61. The van der Waals surface area contributed by atoms with E-state index in [4.69, 9.17) is 11.6 Å². The van der Waals surface area contributed by atoms with E-state index >= 15 is 0 Å². The van der Waals surface area contributed by atoms with Crippen LogP contribution in [0.3, 0.4) is 0 Å². The van der Waals surface area contributed by atoms with Crippen molar-refractivity contribution in [1.82, 2.24) is 0 Å². The van der Waals surface area contributed by atoms with Crippen molar-refractivity contribution in [3.8, 4) is 11.8 Å². The average Bonchev–Trinajstić information content (AvgIpc) is 2.23. The van der Waals surface area contributed by atoms with Gasteiger partial charge in [0.2, 0.25) is 0 Å². The summed E-state index contributed by atoms with van der Waals surface area (Å²) in [6.07, 6.45) is 0. The molecule has 0 fully saturated rings. The van der Waals surface area contributed by atoms with Crippen LogP contribution in [-0.4, -0.2) is 10.9 Å². The van der Waals surface area contributed by atoms with Gasteiger partial charge < -0.3 is 0 Å². The molecule has 5 heteroatoms. The molecule has 0 N–H and O–H groups in total. The average molecular weight is 261 g/mol. The maximum Gasteiger partial charge on any atom is 0.186 e. The number of thioether (sulfide) groups is 1. The first-order valence-corrected chi connectivity index (χ1v) is 5.64. The number of rotatable bonds is 1. The number of benzene rings is 1. The van der Waals surface area contributed by atoms with Gasteiger partial charge in [-0.3, -0.25) is 4.79 Å². The van der Waals surface area contributed by atoms with Gasteiger partial charge in [0.15, 0.2) is 10.9 Å². The van der Waals surface area contributed by atoms with E-state index in [2.05, 4.69) is 11.8 Å². The van der Waals surface area contributed by atoms with Gasteiger partial charge in [-0.25, -0.2) is 8.78 Å². The monoisotopic (exact) mass is 260 g/mol. The molecule has 0 aliphatic carbocycles. The lowest BCUT2D eigenvalue weighted by Gasteiger charge is -1.98. The molecule has 84 valence electrons. The molecule has 1 aromatic rings. The minimum absolute atomic E-state index is 0.0237. The molecule has 0 heterocycles. The molecule has 0 aliphatic rings. The zero-order valence-electron chi connectivity index (χ0n) is 8.31. The smallest absolute Gasteiger partial charge is 0.186 e. The van der Waals surface area contributed by atoms with Gasteiger partial charge in [0, 0.05) is 6.92 Å². The van der Waals surface area contributed by atoms with E-state index in [1.807, 2.05) is 0 Å². The van der Waals surface area contributed by atoms with Gasteiger partial charge >= 0.3 is 0 Å². The second-order valence-corrected chi connectivity index (χ2v) is 4.34. The Balaban J connectivity index is 2.82. The Bertz CT molecular complexity index is 477. The van der Waals surface area contributed by atoms with E-state index in [1.165, 1.54) is 13.0 Å². The summed E-state index contributed by atoms with van der Waals surface area (Å²) in [5, 5.41) is -0.627. The van der Waals surface area contributed by atoms with Crippen LogP contribution < -0.4 is 0 Å². The Hall–Kier alpha value is -1.05. The van der Waals surface area contributed by atoms with Gasteiger partial charge in [-0.15, -0.1) is 0 Å². The Morgan fingerprint density at radius 1 is 1.50 bits per heavy atom. The summed E-state index contributed by atoms with van der Waals surface area (Å²) < 4.78 is 26.1. The van der Waals surface area contributed by atoms with E-state index in [1.54, 1.807) is 0 Å². The molecule has 0 atom stereocenters. The Kier molecular flexibility index (Phi) is 4.78. The highest BCUT2D eigenvalue weighted by atomic mass is 35.5. The van der Waals surface area contributed by atoms with Crippen LogP contribution in [0.25, 0.3) is 0 Å². The molecule has 0 aromatic heterocycles. The number of hydrogen-bond donors (Lipinski definition) is 0. The molecule has 0 spiro atoms. The topological polar surface area (TPSA) is 17.1 Å². The van der Waals surface area contributed by atoms with Gasteiger partial charge in [0.25, 0.3) is 0 Å². The van der Waals surface area contributed by atoms with Gasteiger partial charge in [0.05, 0.1) is 11.3 Å². The zero-order chi connectivity index (χ0) is 12.1. The van der Waals surface area contributed by atoms with Crippen molar-refractivity contribution in [1.29, 1.82) is 0 Å². The largest absolute Gasteiger partial charge is 0.288 e. The molecular formula is C11H7ClF2OS. The van der Waals surface area contributed by atoms with Gasteiger partial charge in [-0.2, -0.15) is 0 Å². The fourth-order valence-corrected chi connectivity index (χ4v) is 1.40. The number of hydrogen-bond acceptors (Lipinski definition) is 2. The van der Waals surface area contributed by atoms with Crippen LogP contribution in [0.2, 0.25) is 5.02 Å². The fourth-order valence-electron chi connectivity index (χ4n) is 0.891. The minimum Gasteiger partial charge on any atom is -0.288 e. The quantitative estimate of drug-likeness (QED) is 0.570. The van der Waals surface area contributed by atoms with E-state index in [-0.39, 0.29) is 16.4 Å². The maximum absolute atomic E-state index is 13.3. The number of carbonyl (C=O) groups is 1. The van der Waals surface area contributed by atoms with Crippen LogP contribution in [0, 0.1) is 23.5 Å². The Morgan fingerprint density at radius 3 is 2.81 bits per heavy atom. The van der Waals surface area contributed by atoms with Crippen LogP contribution in [0.15, 0.2) is 12.1 Å². The fraction of sp³-hybridized carbons (Fsp3) is 0.182. The summed E-state index contributed by atoms with van der Waals surface area (Å²) in [6, 6.07) is 2.26. The first-order chi connectivity index (χ1) is 7.52. The van der Waals surface area contributed by atoms with E-state index < -0.39 is 16.7 Å². The molecule has 16 heavy (non-hydrogen) atoms. The predicted molar refractivity (Wildman–Crippen MR) is 61.4 cm³/mol. The lowest BCUT2D eigenvalue weighted by atomic mass is 10.2. The molecule has 1 aromatic carbocycles. The summed E-state index contributed by atoms with van der Waals surface area (Å²) in [7, 11) is 0. The second kappa shape index (κ2) is 5.88. The third-order valence-corrected chi connectivity index (χ3v) is 2.65. The summed E-state index contributed by atoms with van der Waals surface area (Å²) >= 11 is 6.39. The van der Waals surface area contributed by atoms with Crippen LogP contribution in [0.4, 0.5) is 8.78 Å². The highest BCUT2D eigenvalue weighted by molar-refractivity contribution is 8.13. The summed E-state index contributed by atoms with van der Waals surface area (Å²) in [5.41, 5.74) is 0.0237. The van der Waals surface area contributed by atoms with Crippen molar-refractivity contribution in [2.45, 2.75) is 6.92 Å². The van der Waals surface area contributed by atoms with Crippen molar-refractivity contribution in [3.63, 3.8) is 0 Å². The lowest BCUT2D eigenvalue weighted by molar-refractivity contribution is -0.109. The van der Waals surface area contributed by atoms with Crippen LogP contribution in [-0.2, 0) is 4.79 Å². The molecule has 0 saturated carbocycles. The third kappa shape index (κ3) is 3.51. The number of halogens is 3. The molecule has 0 amide bonds. The van der Waals surface area contributed by atoms with Crippen LogP contribution in [0.5, 0.6) is 0 Å². The van der Waals surface area contributed by atoms with Crippen molar-refractivity contribution in [2.75, 3.05) is 5.75 Å². The molecule has 0 saturated heterocycles. The maximum atomic E-state index is 13.3. The predicted octanol–water partition coefficient (Wildman–Crippen LogP) is 3.25. The van der Waals surface area contributed by atoms with E-state index in [0.717, 1.165) is 17.8 Å². The summed E-state index contributed by atoms with van der Waals surface area (Å²) in [5.74, 6) is 3.66. The van der Waals surface area contributed by atoms with Crippen LogP contribution in [0.1, 0.15) is 12.5 Å². The molecule has 0 radical (unpaired) electrons. The first kappa shape index (κ1) is 13.0. The van der Waals surface area contributed by atoms with Gasteiger partial charge in [-0.1, -0.05) is 35.2 Å². The van der Waals surface area contributed by atoms with Crippen molar-refractivity contribution in [2.24, 2.45) is 0 Å². The second-order valence-electron chi connectivity index (χ2n) is 2.80. The van der Waals surface area contributed by atoms with Crippen LogP contribution >= 0.6 is 23.4 Å².